The third-order valence-corrected chi connectivity index (χ3v) is 4.47. The summed E-state index contributed by atoms with van der Waals surface area (Å²) < 4.78 is 22.2. The van der Waals surface area contributed by atoms with Crippen LogP contribution in [0.1, 0.15) is 22.9 Å². The summed E-state index contributed by atoms with van der Waals surface area (Å²) in [6, 6.07) is 13.4. The Bertz CT molecular complexity index is 999. The van der Waals surface area contributed by atoms with Crippen molar-refractivity contribution in [1.29, 1.82) is 0 Å². The van der Waals surface area contributed by atoms with Crippen molar-refractivity contribution in [2.75, 3.05) is 14.2 Å². The van der Waals surface area contributed by atoms with E-state index in [0.29, 0.717) is 12.5 Å². The lowest BCUT2D eigenvalue weighted by molar-refractivity contribution is -0.140. The number of esters is 1. The van der Waals surface area contributed by atoms with Gasteiger partial charge in [-0.05, 0) is 48.0 Å². The normalized spacial score (nSPS) is 10.9. The Kier molecular flexibility index (Phi) is 7.02. The van der Waals surface area contributed by atoms with Gasteiger partial charge in [0.05, 0.1) is 14.2 Å². The summed E-state index contributed by atoms with van der Waals surface area (Å²) in [6.07, 6.45) is 3.45. The van der Waals surface area contributed by atoms with Gasteiger partial charge in [-0.15, -0.1) is 10.2 Å². The molecule has 0 saturated heterocycles. The standard InChI is InChI=1S/C21H19BrN2O5/c1-26-18-9-3-14(4-10-19-23-24-20(29-19)12-21(25)27-2)11-15(18)13-28-17-7-5-16(22)6-8-17/h3-11H,12-13H2,1-2H3/b10-4-. The molecule has 7 nitrogen and oxygen atoms in total. The smallest absolute Gasteiger partial charge is 0.315 e. The Labute approximate surface area is 176 Å². The number of aromatic nitrogens is 2. The Balaban J connectivity index is 1.69. The number of carbonyl (C=O) groups excluding carboxylic acids is 1. The first-order valence-corrected chi connectivity index (χ1v) is 9.49. The van der Waals surface area contributed by atoms with Crippen LogP contribution in [0.15, 0.2) is 51.4 Å². The van der Waals surface area contributed by atoms with E-state index >= 15 is 0 Å². The van der Waals surface area contributed by atoms with Gasteiger partial charge in [-0.25, -0.2) is 0 Å². The van der Waals surface area contributed by atoms with Gasteiger partial charge in [-0.3, -0.25) is 4.79 Å². The number of methoxy groups -OCH3 is 2. The third kappa shape index (κ3) is 5.92. The summed E-state index contributed by atoms with van der Waals surface area (Å²) >= 11 is 3.40. The lowest BCUT2D eigenvalue weighted by Crippen LogP contribution is -2.04. The predicted molar refractivity (Wildman–Crippen MR) is 110 cm³/mol. The van der Waals surface area contributed by atoms with E-state index in [1.807, 2.05) is 48.5 Å². The maximum Gasteiger partial charge on any atom is 0.315 e. The minimum atomic E-state index is -0.435. The van der Waals surface area contributed by atoms with Gasteiger partial charge in [0.1, 0.15) is 24.5 Å². The molecule has 1 heterocycles. The molecule has 8 heteroatoms. The number of nitrogens with zero attached hydrogens (tertiary/aromatic N) is 2. The zero-order valence-corrected chi connectivity index (χ0v) is 17.5. The Morgan fingerprint density at radius 2 is 1.90 bits per heavy atom. The van der Waals surface area contributed by atoms with Crippen molar-refractivity contribution in [3.05, 3.63) is 69.8 Å². The highest BCUT2D eigenvalue weighted by Gasteiger charge is 2.10. The van der Waals surface area contributed by atoms with Gasteiger partial charge in [-0.1, -0.05) is 22.0 Å². The largest absolute Gasteiger partial charge is 0.496 e. The molecule has 0 amide bonds. The van der Waals surface area contributed by atoms with E-state index in [9.17, 15) is 4.79 Å². The molecule has 150 valence electrons. The Morgan fingerprint density at radius 3 is 2.62 bits per heavy atom. The van der Waals surface area contributed by atoms with Gasteiger partial charge in [0, 0.05) is 16.1 Å². The van der Waals surface area contributed by atoms with Crippen LogP contribution < -0.4 is 9.47 Å². The molecule has 0 fully saturated rings. The van der Waals surface area contributed by atoms with Crippen LogP contribution in [0.4, 0.5) is 0 Å². The fraction of sp³-hybridized carbons (Fsp3) is 0.190. The van der Waals surface area contributed by atoms with Crippen molar-refractivity contribution in [3.63, 3.8) is 0 Å². The van der Waals surface area contributed by atoms with E-state index in [0.717, 1.165) is 27.1 Å². The highest BCUT2D eigenvalue weighted by molar-refractivity contribution is 9.10. The van der Waals surface area contributed by atoms with Gasteiger partial charge in [0.2, 0.25) is 11.8 Å². The van der Waals surface area contributed by atoms with E-state index in [-0.39, 0.29) is 12.3 Å². The van der Waals surface area contributed by atoms with Crippen molar-refractivity contribution >= 4 is 34.1 Å². The number of halogens is 1. The summed E-state index contributed by atoms with van der Waals surface area (Å²) in [4.78, 5) is 11.3. The topological polar surface area (TPSA) is 83.7 Å². The van der Waals surface area contributed by atoms with Crippen molar-refractivity contribution < 1.29 is 23.4 Å². The number of benzene rings is 2. The summed E-state index contributed by atoms with van der Waals surface area (Å²) in [5, 5.41) is 7.71. The molecule has 0 aliphatic carbocycles. The molecule has 0 aliphatic rings. The highest BCUT2D eigenvalue weighted by atomic mass is 79.9. The molecule has 3 aromatic rings. The van der Waals surface area contributed by atoms with E-state index in [2.05, 4.69) is 30.9 Å². The van der Waals surface area contributed by atoms with Gasteiger partial charge in [0.15, 0.2) is 0 Å². The molecule has 0 spiro atoms. The van der Waals surface area contributed by atoms with Crippen LogP contribution in [0.5, 0.6) is 11.5 Å². The van der Waals surface area contributed by atoms with Crippen LogP contribution >= 0.6 is 15.9 Å². The maximum absolute atomic E-state index is 11.3. The van der Waals surface area contributed by atoms with Crippen molar-refractivity contribution in [2.24, 2.45) is 0 Å². The zero-order chi connectivity index (χ0) is 20.6. The molecule has 0 unspecified atom stereocenters. The highest BCUT2D eigenvalue weighted by Crippen LogP contribution is 2.24. The number of hydrogen-bond donors (Lipinski definition) is 0. The second-order valence-electron chi connectivity index (χ2n) is 5.93. The van der Waals surface area contributed by atoms with Crippen LogP contribution in [0.2, 0.25) is 0 Å². The van der Waals surface area contributed by atoms with Crippen molar-refractivity contribution in [2.45, 2.75) is 13.0 Å². The molecular weight excluding hydrogens is 440 g/mol. The first kappa shape index (κ1) is 20.6. The molecule has 0 N–H and O–H groups in total. The number of carbonyl (C=O) groups is 1. The number of rotatable bonds is 8. The quantitative estimate of drug-likeness (QED) is 0.465. The number of ether oxygens (including phenoxy) is 3. The van der Waals surface area contributed by atoms with Crippen molar-refractivity contribution in [1.82, 2.24) is 10.2 Å². The summed E-state index contributed by atoms with van der Waals surface area (Å²) in [5.74, 6) is 1.56. The fourth-order valence-electron chi connectivity index (χ4n) is 2.48. The molecule has 1 aromatic heterocycles. The maximum atomic E-state index is 11.3. The van der Waals surface area contributed by atoms with E-state index in [1.54, 1.807) is 13.2 Å². The molecule has 29 heavy (non-hydrogen) atoms. The van der Waals surface area contributed by atoms with Crippen LogP contribution in [-0.4, -0.2) is 30.4 Å². The average molecular weight is 459 g/mol. The van der Waals surface area contributed by atoms with Crippen molar-refractivity contribution in [3.8, 4) is 11.5 Å². The minimum Gasteiger partial charge on any atom is -0.496 e. The molecular formula is C21H19BrN2O5. The molecule has 2 aromatic carbocycles. The SMILES string of the molecule is COC(=O)Cc1nnc(/C=C\c2ccc(OC)c(COc3ccc(Br)cc3)c2)o1. The minimum absolute atomic E-state index is 0.0581. The Morgan fingerprint density at radius 1 is 1.10 bits per heavy atom. The summed E-state index contributed by atoms with van der Waals surface area (Å²) in [5.41, 5.74) is 1.81. The molecule has 0 aliphatic heterocycles. The Hall–Kier alpha value is -3.13. The van der Waals surface area contributed by atoms with Crippen LogP contribution in [-0.2, 0) is 22.6 Å². The second kappa shape index (κ2) is 9.88. The van der Waals surface area contributed by atoms with Gasteiger partial charge >= 0.3 is 5.97 Å². The molecule has 0 bridgehead atoms. The van der Waals surface area contributed by atoms with E-state index in [1.165, 1.54) is 7.11 Å². The third-order valence-electron chi connectivity index (χ3n) is 3.94. The second-order valence-corrected chi connectivity index (χ2v) is 6.85. The first-order chi connectivity index (χ1) is 14.1. The average Bonchev–Trinajstić information content (AvgIpc) is 3.19. The molecule has 0 atom stereocenters. The van der Waals surface area contributed by atoms with Gasteiger partial charge in [-0.2, -0.15) is 0 Å². The molecule has 3 rings (SSSR count). The molecule has 0 saturated carbocycles. The van der Waals surface area contributed by atoms with Gasteiger partial charge in [0.25, 0.3) is 0 Å². The monoisotopic (exact) mass is 458 g/mol. The van der Waals surface area contributed by atoms with Crippen LogP contribution in [0.25, 0.3) is 12.2 Å². The zero-order valence-electron chi connectivity index (χ0n) is 15.9. The van der Waals surface area contributed by atoms with E-state index in [4.69, 9.17) is 13.9 Å². The number of hydrogen-bond acceptors (Lipinski definition) is 7. The summed E-state index contributed by atoms with van der Waals surface area (Å²) in [7, 11) is 2.93. The molecule has 0 radical (unpaired) electrons. The van der Waals surface area contributed by atoms with Crippen LogP contribution in [0.3, 0.4) is 0 Å². The predicted octanol–water partition coefficient (Wildman–Crippen LogP) is 4.31. The first-order valence-electron chi connectivity index (χ1n) is 8.70. The lowest BCUT2D eigenvalue weighted by Gasteiger charge is -2.11. The summed E-state index contributed by atoms with van der Waals surface area (Å²) in [6.45, 7) is 0.357. The van der Waals surface area contributed by atoms with E-state index < -0.39 is 5.97 Å². The van der Waals surface area contributed by atoms with Gasteiger partial charge < -0.3 is 18.6 Å². The van der Waals surface area contributed by atoms with Crippen LogP contribution in [0, 0.1) is 0 Å². The lowest BCUT2D eigenvalue weighted by atomic mass is 10.1. The fourth-order valence-corrected chi connectivity index (χ4v) is 2.74.